The minimum Gasteiger partial charge on any atom is -0.772 e. The maximum Gasteiger partial charge on any atom is 0.0238 e. The Bertz CT molecular complexity index is 276. The van der Waals surface area contributed by atoms with E-state index in [0.29, 0.717) is 12.8 Å². The summed E-state index contributed by atoms with van der Waals surface area (Å²) in [7, 11) is 0. The van der Waals surface area contributed by atoms with Crippen molar-refractivity contribution in [3.63, 3.8) is 0 Å². The second-order valence-corrected chi connectivity index (χ2v) is 8.33. The SMILES string of the molecule is CC(C)C(CCCCCCC(C(C)C)S(=O)[O-])S(=O)[O-]. The lowest BCUT2D eigenvalue weighted by molar-refractivity contribution is 0.449. The summed E-state index contributed by atoms with van der Waals surface area (Å²) in [6.07, 6.45) is 5.13. The molecule has 0 fully saturated rings. The second kappa shape index (κ2) is 10.9. The Morgan fingerprint density at radius 1 is 0.700 bits per heavy atom. The van der Waals surface area contributed by atoms with Gasteiger partial charge in [0.05, 0.1) is 0 Å². The molecule has 0 aliphatic heterocycles. The van der Waals surface area contributed by atoms with Gasteiger partial charge in [-0.2, -0.15) is 0 Å². The van der Waals surface area contributed by atoms with E-state index < -0.39 is 22.2 Å². The van der Waals surface area contributed by atoms with Crippen LogP contribution in [0.2, 0.25) is 0 Å². The van der Waals surface area contributed by atoms with E-state index in [4.69, 9.17) is 0 Å². The van der Waals surface area contributed by atoms with Crippen molar-refractivity contribution >= 4 is 22.2 Å². The molecular weight excluding hydrogens is 296 g/mol. The minimum absolute atomic E-state index is 0.154. The zero-order chi connectivity index (χ0) is 15.7. The maximum absolute atomic E-state index is 11.0. The predicted octanol–water partition coefficient (Wildman–Crippen LogP) is 3.13. The van der Waals surface area contributed by atoms with Gasteiger partial charge in [0.1, 0.15) is 0 Å². The third kappa shape index (κ3) is 8.49. The Morgan fingerprint density at radius 2 is 1.00 bits per heavy atom. The van der Waals surface area contributed by atoms with E-state index in [1.165, 1.54) is 0 Å². The fourth-order valence-corrected chi connectivity index (χ4v) is 3.96. The lowest BCUT2D eigenvalue weighted by Gasteiger charge is -2.24. The molecule has 122 valence electrons. The highest BCUT2D eigenvalue weighted by atomic mass is 32.2. The van der Waals surface area contributed by atoms with Gasteiger partial charge in [0.15, 0.2) is 0 Å². The van der Waals surface area contributed by atoms with Crippen LogP contribution < -0.4 is 0 Å². The summed E-state index contributed by atoms with van der Waals surface area (Å²) in [6.45, 7) is 7.71. The van der Waals surface area contributed by atoms with Crippen molar-refractivity contribution in [1.29, 1.82) is 0 Å². The van der Waals surface area contributed by atoms with Crippen LogP contribution in [0.5, 0.6) is 0 Å². The van der Waals surface area contributed by atoms with Gasteiger partial charge in [-0.25, -0.2) is 0 Å². The van der Waals surface area contributed by atoms with Gasteiger partial charge in [-0.15, -0.1) is 0 Å². The fraction of sp³-hybridized carbons (Fsp3) is 1.00. The van der Waals surface area contributed by atoms with Crippen LogP contribution in [0.3, 0.4) is 0 Å². The van der Waals surface area contributed by atoms with Crippen molar-refractivity contribution in [2.75, 3.05) is 0 Å². The molecule has 0 aromatic carbocycles. The van der Waals surface area contributed by atoms with Crippen LogP contribution in [-0.2, 0) is 22.2 Å². The van der Waals surface area contributed by atoms with Crippen LogP contribution in [0.4, 0.5) is 0 Å². The van der Waals surface area contributed by atoms with Gasteiger partial charge in [0.25, 0.3) is 0 Å². The molecule has 0 rings (SSSR count). The molecular formula is C14H28O4S2-2. The van der Waals surface area contributed by atoms with Crippen molar-refractivity contribution < 1.29 is 17.5 Å². The summed E-state index contributed by atoms with van der Waals surface area (Å²) in [4.78, 5) is 0. The summed E-state index contributed by atoms with van der Waals surface area (Å²) in [5, 5.41) is -0.514. The zero-order valence-electron chi connectivity index (χ0n) is 13.0. The highest BCUT2D eigenvalue weighted by Crippen LogP contribution is 2.19. The molecule has 0 aromatic rings. The first kappa shape index (κ1) is 20.2. The molecule has 6 heteroatoms. The van der Waals surface area contributed by atoms with Crippen LogP contribution in [0.1, 0.15) is 66.2 Å². The lowest BCUT2D eigenvalue weighted by Crippen LogP contribution is -2.21. The molecule has 0 N–H and O–H groups in total. The summed E-state index contributed by atoms with van der Waals surface area (Å²) in [5.41, 5.74) is 0. The molecule has 4 unspecified atom stereocenters. The highest BCUT2D eigenvalue weighted by Gasteiger charge is 2.15. The van der Waals surface area contributed by atoms with Crippen molar-refractivity contribution in [3.05, 3.63) is 0 Å². The third-order valence-electron chi connectivity index (χ3n) is 3.71. The Balaban J connectivity index is 3.81. The number of rotatable bonds is 11. The first-order valence-corrected chi connectivity index (χ1v) is 9.71. The van der Waals surface area contributed by atoms with Crippen molar-refractivity contribution in [1.82, 2.24) is 0 Å². The first-order valence-electron chi connectivity index (χ1n) is 7.43. The summed E-state index contributed by atoms with van der Waals surface area (Å²) < 4.78 is 44.1. The molecule has 4 atom stereocenters. The molecule has 0 heterocycles. The monoisotopic (exact) mass is 324 g/mol. The molecule has 0 saturated carbocycles. The minimum atomic E-state index is -1.99. The zero-order valence-corrected chi connectivity index (χ0v) is 14.6. The van der Waals surface area contributed by atoms with E-state index in [1.807, 2.05) is 27.7 Å². The van der Waals surface area contributed by atoms with E-state index in [-0.39, 0.29) is 22.3 Å². The largest absolute Gasteiger partial charge is 0.772 e. The van der Waals surface area contributed by atoms with Gasteiger partial charge < -0.3 is 9.11 Å². The van der Waals surface area contributed by atoms with Crippen LogP contribution in [-0.4, -0.2) is 28.0 Å². The van der Waals surface area contributed by atoms with Gasteiger partial charge in [-0.1, -0.05) is 75.5 Å². The lowest BCUT2D eigenvalue weighted by atomic mass is 10.0. The Hall–Kier alpha value is 0.220. The maximum atomic E-state index is 11.0. The molecule has 20 heavy (non-hydrogen) atoms. The van der Waals surface area contributed by atoms with Gasteiger partial charge in [-0.3, -0.25) is 8.42 Å². The molecule has 0 aliphatic rings. The van der Waals surface area contributed by atoms with Crippen molar-refractivity contribution in [2.24, 2.45) is 11.8 Å². The Morgan fingerprint density at radius 3 is 1.20 bits per heavy atom. The summed E-state index contributed by atoms with van der Waals surface area (Å²) in [6, 6.07) is 0. The highest BCUT2D eigenvalue weighted by molar-refractivity contribution is 7.80. The fourth-order valence-electron chi connectivity index (χ4n) is 2.35. The number of unbranched alkanes of at least 4 members (excludes halogenated alkanes) is 3. The van der Waals surface area contributed by atoms with Crippen LogP contribution in [0, 0.1) is 11.8 Å². The Kier molecular flexibility index (Phi) is 11.0. The normalized spacial score (nSPS) is 18.2. The number of hydrogen-bond acceptors (Lipinski definition) is 4. The molecule has 0 aliphatic carbocycles. The summed E-state index contributed by atoms with van der Waals surface area (Å²) >= 11 is -3.98. The molecule has 0 spiro atoms. The average Bonchev–Trinajstić information content (AvgIpc) is 2.30. The van der Waals surface area contributed by atoms with Crippen molar-refractivity contribution in [2.45, 2.75) is 76.7 Å². The van der Waals surface area contributed by atoms with Crippen molar-refractivity contribution in [3.8, 4) is 0 Å². The van der Waals surface area contributed by atoms with Gasteiger partial charge in [0.2, 0.25) is 0 Å². The molecule has 0 radical (unpaired) electrons. The van der Waals surface area contributed by atoms with Gasteiger partial charge in [0, 0.05) is 10.5 Å². The van der Waals surface area contributed by atoms with E-state index in [0.717, 1.165) is 25.7 Å². The molecule has 0 bridgehead atoms. The Labute approximate surface area is 128 Å². The van der Waals surface area contributed by atoms with E-state index in [9.17, 15) is 17.5 Å². The summed E-state index contributed by atoms with van der Waals surface area (Å²) in [5.74, 6) is 0.308. The predicted molar refractivity (Wildman–Crippen MR) is 82.8 cm³/mol. The number of hydrogen-bond donors (Lipinski definition) is 0. The molecule has 0 aromatic heterocycles. The van der Waals surface area contributed by atoms with Gasteiger partial charge in [-0.05, 0) is 24.7 Å². The topological polar surface area (TPSA) is 80.3 Å². The van der Waals surface area contributed by atoms with Gasteiger partial charge >= 0.3 is 0 Å². The molecule has 4 nitrogen and oxygen atoms in total. The standard InChI is InChI=1S/C14H30O4S2/c1-11(2)13(19(15)16)9-7-5-6-8-10-14(12(3)4)20(17)18/h11-14H,5-10H2,1-4H3,(H,15,16)(H,17,18)/p-2. The van der Waals surface area contributed by atoms with Crippen LogP contribution in [0.15, 0.2) is 0 Å². The second-order valence-electron chi connectivity index (χ2n) is 6.08. The molecule has 0 saturated heterocycles. The average molecular weight is 325 g/mol. The first-order chi connectivity index (χ1) is 9.27. The smallest absolute Gasteiger partial charge is 0.0238 e. The molecule has 0 amide bonds. The van der Waals surface area contributed by atoms with E-state index in [1.54, 1.807) is 0 Å². The third-order valence-corrected chi connectivity index (χ3v) is 6.26. The van der Waals surface area contributed by atoms with E-state index in [2.05, 4.69) is 0 Å². The van der Waals surface area contributed by atoms with Crippen LogP contribution >= 0.6 is 0 Å². The van der Waals surface area contributed by atoms with Crippen LogP contribution in [0.25, 0.3) is 0 Å². The van der Waals surface area contributed by atoms with E-state index >= 15 is 0 Å². The quantitative estimate of drug-likeness (QED) is 0.432.